The molecule has 1 N–H and O–H groups in total. The molecule has 0 aromatic carbocycles. The van der Waals surface area contributed by atoms with E-state index in [0.29, 0.717) is 0 Å². The van der Waals surface area contributed by atoms with Crippen molar-refractivity contribution < 1.29 is 0 Å². The maximum Gasteiger partial charge on any atom is 0.130 e. The van der Waals surface area contributed by atoms with E-state index in [0.717, 1.165) is 0 Å². The van der Waals surface area contributed by atoms with Crippen LogP contribution in [0.5, 0.6) is 0 Å². The molecule has 2 heteroatoms. The lowest BCUT2D eigenvalue weighted by Gasteiger charge is -2.16. The minimum atomic E-state index is -0.0629. The summed E-state index contributed by atoms with van der Waals surface area (Å²) in [6, 6.07) is 0. The van der Waals surface area contributed by atoms with E-state index in [-0.39, 0.29) is 11.1 Å². The van der Waals surface area contributed by atoms with Crippen LogP contribution in [0.25, 0.3) is 0 Å². The highest BCUT2D eigenvalue weighted by molar-refractivity contribution is 5.48. The predicted molar refractivity (Wildman–Crippen MR) is 53.3 cm³/mol. The maximum absolute atomic E-state index is 4.14. The molecule has 0 unspecified atom stereocenters. The van der Waals surface area contributed by atoms with Gasteiger partial charge in [-0.05, 0) is 41.5 Å². The molecule has 0 atom stereocenters. The third kappa shape index (κ3) is 9.25. The first-order valence-corrected chi connectivity index (χ1v) is 4.20. The second-order valence-corrected chi connectivity index (χ2v) is 4.89. The van der Waals surface area contributed by atoms with Gasteiger partial charge in [0.05, 0.1) is 5.54 Å². The molecule has 1 radical (unpaired) electrons. The number of rotatable bonds is 1. The molecule has 0 aliphatic heterocycles. The molecule has 12 heavy (non-hydrogen) atoms. The Morgan fingerprint density at radius 2 is 1.50 bits per heavy atom. The molecule has 0 heterocycles. The quantitative estimate of drug-likeness (QED) is 0.469. The van der Waals surface area contributed by atoms with Crippen molar-refractivity contribution >= 4 is 5.87 Å². The van der Waals surface area contributed by atoms with E-state index < -0.39 is 0 Å². The normalized spacial score (nSPS) is 11.8. The van der Waals surface area contributed by atoms with E-state index in [1.165, 1.54) is 0 Å². The van der Waals surface area contributed by atoms with Gasteiger partial charge < -0.3 is 5.32 Å². The van der Waals surface area contributed by atoms with Crippen LogP contribution in [0.1, 0.15) is 41.5 Å². The smallest absolute Gasteiger partial charge is 0.130 e. The fourth-order valence-electron chi connectivity index (χ4n) is 0.411. The Kier molecular flexibility index (Phi) is 3.54. The highest BCUT2D eigenvalue weighted by Gasteiger charge is 2.06. The van der Waals surface area contributed by atoms with Crippen LogP contribution in [-0.2, 0) is 0 Å². The topological polar surface area (TPSA) is 24.4 Å². The van der Waals surface area contributed by atoms with Crippen molar-refractivity contribution in [2.45, 2.75) is 52.6 Å². The van der Waals surface area contributed by atoms with Crippen LogP contribution < -0.4 is 5.32 Å². The highest BCUT2D eigenvalue weighted by Crippen LogP contribution is 2.03. The predicted octanol–water partition coefficient (Wildman–Crippen LogP) is 2.16. The molecular formula is C10H19N2. The maximum atomic E-state index is 4.14. The van der Waals surface area contributed by atoms with Crippen LogP contribution in [-0.4, -0.2) is 16.9 Å². The summed E-state index contributed by atoms with van der Waals surface area (Å²) in [7, 11) is 0. The van der Waals surface area contributed by atoms with Gasteiger partial charge in [-0.1, -0.05) is 0 Å². The molecule has 69 valence electrons. The van der Waals surface area contributed by atoms with Gasteiger partial charge in [0.15, 0.2) is 0 Å². The fraction of sp³-hybridized carbons (Fsp3) is 0.800. The first-order valence-electron chi connectivity index (χ1n) is 4.20. The van der Waals surface area contributed by atoms with E-state index in [1.54, 1.807) is 0 Å². The summed E-state index contributed by atoms with van der Waals surface area (Å²) >= 11 is 0. The van der Waals surface area contributed by atoms with Crippen molar-refractivity contribution in [1.82, 2.24) is 5.32 Å². The molecule has 0 saturated carbocycles. The van der Waals surface area contributed by atoms with Crippen molar-refractivity contribution in [3.8, 4) is 0 Å². The molecule has 2 nitrogen and oxygen atoms in total. The Morgan fingerprint density at radius 3 is 1.83 bits per heavy atom. The summed E-state index contributed by atoms with van der Waals surface area (Å²) in [6.45, 7) is 12.3. The van der Waals surface area contributed by atoms with Gasteiger partial charge in [-0.2, -0.15) is 0 Å². The van der Waals surface area contributed by atoms with Crippen LogP contribution in [0.15, 0.2) is 4.99 Å². The summed E-state index contributed by atoms with van der Waals surface area (Å²) in [6.07, 6.45) is 2.82. The minimum absolute atomic E-state index is 0.0421. The zero-order valence-electron chi connectivity index (χ0n) is 8.95. The highest BCUT2D eigenvalue weighted by atomic mass is 14.9. The van der Waals surface area contributed by atoms with Crippen molar-refractivity contribution in [2.24, 2.45) is 4.99 Å². The molecule has 0 fully saturated rings. The first-order chi connectivity index (χ1) is 5.21. The largest absolute Gasteiger partial charge is 0.371 e. The summed E-state index contributed by atoms with van der Waals surface area (Å²) in [5.74, 6) is 2.75. The number of nitrogens with zero attached hydrogens (tertiary/aromatic N) is 1. The lowest BCUT2D eigenvalue weighted by Crippen LogP contribution is -2.31. The second-order valence-electron chi connectivity index (χ2n) is 4.89. The standard InChI is InChI=1S/C10H19N2/c1-9(2,3)11-7-8-12-10(4,5)6/h11H,1-6H3. The van der Waals surface area contributed by atoms with Gasteiger partial charge in [-0.15, -0.1) is 0 Å². The summed E-state index contributed by atoms with van der Waals surface area (Å²) in [5.41, 5.74) is -0.0209. The Labute approximate surface area is 75.8 Å². The Morgan fingerprint density at radius 1 is 1.00 bits per heavy atom. The average Bonchev–Trinajstić information content (AvgIpc) is 1.76. The Bertz CT molecular complexity index is 185. The first kappa shape index (κ1) is 11.2. The third-order valence-electron chi connectivity index (χ3n) is 0.885. The monoisotopic (exact) mass is 167 g/mol. The van der Waals surface area contributed by atoms with Crippen molar-refractivity contribution in [1.29, 1.82) is 0 Å². The van der Waals surface area contributed by atoms with Crippen molar-refractivity contribution in [2.75, 3.05) is 0 Å². The van der Waals surface area contributed by atoms with E-state index in [1.807, 2.05) is 20.8 Å². The summed E-state index contributed by atoms with van der Waals surface area (Å²) in [4.78, 5) is 4.14. The molecule has 0 amide bonds. The zero-order valence-corrected chi connectivity index (χ0v) is 8.95. The molecule has 0 rings (SSSR count). The van der Waals surface area contributed by atoms with Crippen LogP contribution in [0.3, 0.4) is 0 Å². The van der Waals surface area contributed by atoms with Crippen LogP contribution >= 0.6 is 0 Å². The number of hydrogen-bond donors (Lipinski definition) is 1. The van der Waals surface area contributed by atoms with Crippen LogP contribution in [0.2, 0.25) is 0 Å². The average molecular weight is 167 g/mol. The number of nitrogens with one attached hydrogen (secondary N) is 1. The van der Waals surface area contributed by atoms with Crippen molar-refractivity contribution in [3.63, 3.8) is 0 Å². The molecule has 0 bridgehead atoms. The molecule has 0 aliphatic carbocycles. The van der Waals surface area contributed by atoms with Crippen molar-refractivity contribution in [3.05, 3.63) is 6.20 Å². The van der Waals surface area contributed by atoms with Crippen LogP contribution in [0, 0.1) is 6.20 Å². The van der Waals surface area contributed by atoms with E-state index in [9.17, 15) is 0 Å². The molecule has 0 aromatic heterocycles. The molecular weight excluding hydrogens is 148 g/mol. The summed E-state index contributed by atoms with van der Waals surface area (Å²) in [5, 5.41) is 3.04. The molecule has 0 aromatic rings. The summed E-state index contributed by atoms with van der Waals surface area (Å²) < 4.78 is 0. The molecule has 0 spiro atoms. The van der Waals surface area contributed by atoms with Gasteiger partial charge in [-0.25, -0.2) is 4.99 Å². The van der Waals surface area contributed by atoms with Gasteiger partial charge >= 0.3 is 0 Å². The fourth-order valence-corrected chi connectivity index (χ4v) is 0.411. The van der Waals surface area contributed by atoms with E-state index in [4.69, 9.17) is 0 Å². The van der Waals surface area contributed by atoms with E-state index >= 15 is 0 Å². The minimum Gasteiger partial charge on any atom is -0.371 e. The van der Waals surface area contributed by atoms with Gasteiger partial charge in [-0.3, -0.25) is 0 Å². The third-order valence-corrected chi connectivity index (χ3v) is 0.885. The van der Waals surface area contributed by atoms with Gasteiger partial charge in [0, 0.05) is 11.4 Å². The lowest BCUT2D eigenvalue weighted by molar-refractivity contribution is 0.484. The van der Waals surface area contributed by atoms with Crippen LogP contribution in [0.4, 0.5) is 0 Å². The SMILES string of the molecule is CC(C)(C)N=C=[C]NC(C)(C)C. The number of hydrogen-bond acceptors (Lipinski definition) is 2. The Balaban J connectivity index is 4.01. The lowest BCUT2D eigenvalue weighted by atomic mass is 10.1. The van der Waals surface area contributed by atoms with E-state index in [2.05, 4.69) is 43.2 Å². The Hall–Kier alpha value is -0.750. The van der Waals surface area contributed by atoms with Gasteiger partial charge in [0.2, 0.25) is 0 Å². The molecule has 0 saturated heterocycles. The zero-order chi connectivity index (χ0) is 9.83. The second kappa shape index (κ2) is 3.77. The molecule has 0 aliphatic rings. The number of aliphatic imine (C=N–C) groups is 1. The van der Waals surface area contributed by atoms with Gasteiger partial charge in [0.1, 0.15) is 6.20 Å². The van der Waals surface area contributed by atoms with Gasteiger partial charge in [0.25, 0.3) is 0 Å².